The predicted octanol–water partition coefficient (Wildman–Crippen LogP) is 3.26. The van der Waals surface area contributed by atoms with E-state index in [0.717, 1.165) is 12.8 Å². The molecule has 0 spiro atoms. The van der Waals surface area contributed by atoms with Crippen molar-refractivity contribution in [3.63, 3.8) is 0 Å². The minimum absolute atomic E-state index is 0.0544. The fourth-order valence-corrected chi connectivity index (χ4v) is 3.26. The standard InChI is InChI=1S/C12H17FO/c1-7(13)9-8-5-6-12(4,10(9)14)11(8,2)3/h8H,5-6H2,1-4H3/b9-7+. The highest BCUT2D eigenvalue weighted by Crippen LogP contribution is 2.66. The van der Waals surface area contributed by atoms with Gasteiger partial charge in [-0.25, -0.2) is 4.39 Å². The van der Waals surface area contributed by atoms with Crippen LogP contribution in [-0.4, -0.2) is 5.78 Å². The number of Topliss-reactive ketones (excluding diaryl/α,β-unsaturated/α-hetero) is 1. The highest BCUT2D eigenvalue weighted by molar-refractivity contribution is 6.04. The molecule has 2 unspecified atom stereocenters. The summed E-state index contributed by atoms with van der Waals surface area (Å²) in [6, 6.07) is 0. The fraction of sp³-hybridized carbons (Fsp3) is 0.750. The van der Waals surface area contributed by atoms with Gasteiger partial charge in [-0.15, -0.1) is 0 Å². The van der Waals surface area contributed by atoms with Crippen LogP contribution >= 0.6 is 0 Å². The summed E-state index contributed by atoms with van der Waals surface area (Å²) in [6.45, 7) is 7.59. The van der Waals surface area contributed by atoms with Gasteiger partial charge in [-0.3, -0.25) is 4.79 Å². The first kappa shape index (κ1) is 9.88. The summed E-state index contributed by atoms with van der Waals surface area (Å²) in [6.07, 6.45) is 1.88. The van der Waals surface area contributed by atoms with E-state index in [0.29, 0.717) is 5.57 Å². The maximum atomic E-state index is 13.3. The van der Waals surface area contributed by atoms with Gasteiger partial charge in [-0.05, 0) is 31.1 Å². The number of rotatable bonds is 0. The van der Waals surface area contributed by atoms with Crippen molar-refractivity contribution in [3.05, 3.63) is 11.4 Å². The van der Waals surface area contributed by atoms with E-state index in [1.807, 2.05) is 6.92 Å². The molecule has 2 aliphatic rings. The normalized spacial score (nSPS) is 43.2. The van der Waals surface area contributed by atoms with Gasteiger partial charge in [-0.1, -0.05) is 20.8 Å². The molecule has 2 bridgehead atoms. The lowest BCUT2D eigenvalue weighted by Gasteiger charge is -2.31. The van der Waals surface area contributed by atoms with Crippen molar-refractivity contribution in [1.29, 1.82) is 0 Å². The topological polar surface area (TPSA) is 17.1 Å². The third-order valence-electron chi connectivity index (χ3n) is 4.69. The summed E-state index contributed by atoms with van der Waals surface area (Å²) in [4.78, 5) is 12.0. The Hall–Kier alpha value is -0.660. The van der Waals surface area contributed by atoms with Crippen LogP contribution in [0.2, 0.25) is 0 Å². The number of halogens is 1. The lowest BCUT2D eigenvalue weighted by Crippen LogP contribution is -2.32. The molecule has 1 nitrogen and oxygen atoms in total. The van der Waals surface area contributed by atoms with Crippen molar-refractivity contribution in [2.24, 2.45) is 16.7 Å². The molecule has 14 heavy (non-hydrogen) atoms. The largest absolute Gasteiger partial charge is 0.294 e. The lowest BCUT2D eigenvalue weighted by molar-refractivity contribution is -0.125. The molecule has 0 aromatic rings. The van der Waals surface area contributed by atoms with Crippen LogP contribution in [0.3, 0.4) is 0 Å². The zero-order chi connectivity index (χ0) is 10.7. The molecule has 0 aromatic carbocycles. The Bertz CT molecular complexity index is 336. The smallest absolute Gasteiger partial charge is 0.168 e. The van der Waals surface area contributed by atoms with Crippen LogP contribution in [0.1, 0.15) is 40.5 Å². The Morgan fingerprint density at radius 2 is 2.00 bits per heavy atom. The third kappa shape index (κ3) is 0.825. The summed E-state index contributed by atoms with van der Waals surface area (Å²) in [5.41, 5.74) is 0.0939. The average molecular weight is 196 g/mol. The number of hydrogen-bond donors (Lipinski definition) is 0. The first-order chi connectivity index (χ1) is 6.32. The van der Waals surface area contributed by atoms with Gasteiger partial charge in [0, 0.05) is 11.0 Å². The maximum absolute atomic E-state index is 13.3. The van der Waals surface area contributed by atoms with E-state index in [9.17, 15) is 9.18 Å². The molecular formula is C12H17FO. The Morgan fingerprint density at radius 3 is 2.29 bits per heavy atom. The molecule has 0 aliphatic heterocycles. The van der Waals surface area contributed by atoms with Gasteiger partial charge >= 0.3 is 0 Å². The SMILES string of the molecule is C/C(F)=C1\C(=O)C2(C)CCC1C2(C)C. The van der Waals surface area contributed by atoms with E-state index >= 15 is 0 Å². The minimum atomic E-state index is -0.319. The van der Waals surface area contributed by atoms with Gasteiger partial charge in [-0.2, -0.15) is 0 Å². The minimum Gasteiger partial charge on any atom is -0.294 e. The van der Waals surface area contributed by atoms with Gasteiger partial charge in [0.25, 0.3) is 0 Å². The molecule has 0 N–H and O–H groups in total. The molecule has 2 heteroatoms. The summed E-state index contributed by atoms with van der Waals surface area (Å²) in [7, 11) is 0. The Kier molecular flexibility index (Phi) is 1.74. The number of fused-ring (bicyclic) bond motifs is 2. The first-order valence-electron chi connectivity index (χ1n) is 5.23. The molecule has 0 aromatic heterocycles. The predicted molar refractivity (Wildman–Crippen MR) is 53.4 cm³/mol. The second-order valence-electron chi connectivity index (χ2n) is 5.42. The number of carbonyl (C=O) groups is 1. The van der Waals surface area contributed by atoms with Crippen LogP contribution in [-0.2, 0) is 4.79 Å². The van der Waals surface area contributed by atoms with Crippen molar-refractivity contribution in [2.75, 3.05) is 0 Å². The summed E-state index contributed by atoms with van der Waals surface area (Å²) >= 11 is 0. The van der Waals surface area contributed by atoms with E-state index in [-0.39, 0.29) is 28.4 Å². The molecule has 2 saturated carbocycles. The molecule has 2 atom stereocenters. The Balaban J connectivity index is 2.61. The van der Waals surface area contributed by atoms with Crippen molar-refractivity contribution in [3.8, 4) is 0 Å². The second kappa shape index (κ2) is 2.47. The molecule has 2 fully saturated rings. The number of hydrogen-bond acceptors (Lipinski definition) is 1. The molecule has 2 rings (SSSR count). The molecule has 0 radical (unpaired) electrons. The van der Waals surface area contributed by atoms with Crippen LogP contribution < -0.4 is 0 Å². The van der Waals surface area contributed by atoms with Crippen LogP contribution in [0, 0.1) is 16.7 Å². The van der Waals surface area contributed by atoms with Crippen molar-refractivity contribution < 1.29 is 9.18 Å². The Labute approximate surface area is 84.4 Å². The highest BCUT2D eigenvalue weighted by Gasteiger charge is 2.64. The van der Waals surface area contributed by atoms with Gasteiger partial charge in [0.05, 0.1) is 0 Å². The summed E-state index contributed by atoms with van der Waals surface area (Å²) < 4.78 is 13.3. The van der Waals surface area contributed by atoms with Crippen LogP contribution in [0.15, 0.2) is 11.4 Å². The molecule has 0 heterocycles. The monoisotopic (exact) mass is 196 g/mol. The average Bonchev–Trinajstić information content (AvgIpc) is 2.35. The van der Waals surface area contributed by atoms with E-state index in [2.05, 4.69) is 13.8 Å². The molecular weight excluding hydrogens is 179 g/mol. The van der Waals surface area contributed by atoms with E-state index in [1.54, 1.807) is 0 Å². The summed E-state index contributed by atoms with van der Waals surface area (Å²) in [5.74, 6) is -0.0692. The van der Waals surface area contributed by atoms with Crippen LogP contribution in [0.4, 0.5) is 4.39 Å². The van der Waals surface area contributed by atoms with Crippen molar-refractivity contribution in [1.82, 2.24) is 0 Å². The number of carbonyl (C=O) groups excluding carboxylic acids is 1. The zero-order valence-corrected chi connectivity index (χ0v) is 9.28. The van der Waals surface area contributed by atoms with Crippen LogP contribution in [0.5, 0.6) is 0 Å². The first-order valence-corrected chi connectivity index (χ1v) is 5.23. The number of allylic oxidation sites excluding steroid dienone is 2. The summed E-state index contributed by atoms with van der Waals surface area (Å²) in [5, 5.41) is 0. The fourth-order valence-electron chi connectivity index (χ4n) is 3.26. The lowest BCUT2D eigenvalue weighted by atomic mass is 9.70. The van der Waals surface area contributed by atoms with Gasteiger partial charge in [0.1, 0.15) is 5.83 Å². The van der Waals surface area contributed by atoms with E-state index < -0.39 is 0 Å². The van der Waals surface area contributed by atoms with Crippen LogP contribution in [0.25, 0.3) is 0 Å². The van der Waals surface area contributed by atoms with Gasteiger partial charge in [0.15, 0.2) is 5.78 Å². The highest BCUT2D eigenvalue weighted by atomic mass is 19.1. The molecule has 0 saturated heterocycles. The van der Waals surface area contributed by atoms with E-state index in [4.69, 9.17) is 0 Å². The third-order valence-corrected chi connectivity index (χ3v) is 4.69. The van der Waals surface area contributed by atoms with Crippen molar-refractivity contribution in [2.45, 2.75) is 40.5 Å². The molecule has 2 aliphatic carbocycles. The molecule has 0 amide bonds. The maximum Gasteiger partial charge on any atom is 0.168 e. The van der Waals surface area contributed by atoms with E-state index in [1.165, 1.54) is 6.92 Å². The number of ketones is 1. The quantitative estimate of drug-likeness (QED) is 0.543. The van der Waals surface area contributed by atoms with Gasteiger partial charge in [0.2, 0.25) is 0 Å². The van der Waals surface area contributed by atoms with Gasteiger partial charge < -0.3 is 0 Å². The second-order valence-corrected chi connectivity index (χ2v) is 5.42. The zero-order valence-electron chi connectivity index (χ0n) is 9.28. The molecule has 78 valence electrons. The Morgan fingerprint density at radius 1 is 1.43 bits per heavy atom. The van der Waals surface area contributed by atoms with Crippen molar-refractivity contribution >= 4 is 5.78 Å².